The summed E-state index contributed by atoms with van der Waals surface area (Å²) in [4.78, 5) is 29.5. The van der Waals surface area contributed by atoms with Crippen molar-refractivity contribution in [3.63, 3.8) is 0 Å². The number of fused-ring (bicyclic) bond motifs is 1. The van der Waals surface area contributed by atoms with E-state index >= 15 is 0 Å². The van der Waals surface area contributed by atoms with Gasteiger partial charge in [-0.25, -0.2) is 0 Å². The van der Waals surface area contributed by atoms with Gasteiger partial charge >= 0.3 is 0 Å². The van der Waals surface area contributed by atoms with Crippen molar-refractivity contribution in [1.82, 2.24) is 4.98 Å². The summed E-state index contributed by atoms with van der Waals surface area (Å²) in [6, 6.07) is 6.02. The topological polar surface area (TPSA) is 65.5 Å². The minimum atomic E-state index is -1.81. The van der Waals surface area contributed by atoms with Gasteiger partial charge in [0, 0.05) is 19.5 Å². The Labute approximate surface area is 157 Å². The Bertz CT molecular complexity index is 927. The first kappa shape index (κ1) is 19.6. The first-order chi connectivity index (χ1) is 13.2. The van der Waals surface area contributed by atoms with Crippen LogP contribution in [-0.4, -0.2) is 36.4 Å². The number of likely N-dealkylation sites (N-methyl/N-ethyl adjacent to an activating group) is 1. The molecule has 28 heavy (non-hydrogen) atoms. The number of hydrogen-bond donors (Lipinski definition) is 1. The molecule has 148 valence electrons. The van der Waals surface area contributed by atoms with Gasteiger partial charge in [0.15, 0.2) is 0 Å². The Balaban J connectivity index is 1.94. The maximum absolute atomic E-state index is 14.0. The molecule has 1 unspecified atom stereocenters. The summed E-state index contributed by atoms with van der Waals surface area (Å²) in [7, 11) is 1.12. The normalized spacial score (nSPS) is 16.3. The molecule has 0 saturated carbocycles. The number of para-hydroxylation sites is 2. The largest absolute Gasteiger partial charge is 0.360 e. The number of nitrogens with zero attached hydrogens (tertiary/aromatic N) is 3. The van der Waals surface area contributed by atoms with E-state index < -0.39 is 47.7 Å². The Morgan fingerprint density at radius 3 is 2.46 bits per heavy atom. The molecule has 3 rings (SSSR count). The van der Waals surface area contributed by atoms with E-state index in [4.69, 9.17) is 0 Å². The van der Waals surface area contributed by atoms with Gasteiger partial charge in [-0.1, -0.05) is 12.1 Å². The zero-order valence-corrected chi connectivity index (χ0v) is 15.0. The Hall–Kier alpha value is -3.17. The van der Waals surface area contributed by atoms with Crippen molar-refractivity contribution in [1.29, 1.82) is 0 Å². The average Bonchev–Trinajstić information content (AvgIpc) is 2.74. The zero-order chi connectivity index (χ0) is 20.6. The van der Waals surface area contributed by atoms with Crippen LogP contribution in [0.5, 0.6) is 0 Å². The molecule has 0 saturated heterocycles. The number of nitrogens with one attached hydrogen (secondary N) is 1. The lowest BCUT2D eigenvalue weighted by Gasteiger charge is -2.30. The molecule has 1 N–H and O–H groups in total. The van der Waals surface area contributed by atoms with Gasteiger partial charge < -0.3 is 15.1 Å². The predicted molar refractivity (Wildman–Crippen MR) is 94.0 cm³/mol. The van der Waals surface area contributed by atoms with Crippen molar-refractivity contribution in [2.45, 2.75) is 19.4 Å². The molecule has 1 aliphatic rings. The highest BCUT2D eigenvalue weighted by molar-refractivity contribution is 6.05. The first-order valence-corrected chi connectivity index (χ1v) is 8.32. The van der Waals surface area contributed by atoms with Crippen LogP contribution in [0.4, 0.5) is 34.6 Å². The van der Waals surface area contributed by atoms with E-state index in [-0.39, 0.29) is 12.3 Å². The number of rotatable bonds is 3. The molecule has 2 amide bonds. The molecule has 0 radical (unpaired) electrons. The molecule has 0 spiro atoms. The molecule has 2 heterocycles. The van der Waals surface area contributed by atoms with Gasteiger partial charge in [-0.3, -0.25) is 9.59 Å². The minimum Gasteiger partial charge on any atom is -0.360 e. The summed E-state index contributed by atoms with van der Waals surface area (Å²) in [6.45, 7) is 1.05. The summed E-state index contributed by atoms with van der Waals surface area (Å²) in [5, 5.41) is 2.68. The minimum absolute atomic E-state index is 0.00533. The van der Waals surface area contributed by atoms with Crippen molar-refractivity contribution in [3.05, 3.63) is 47.8 Å². The molecule has 0 fully saturated rings. The van der Waals surface area contributed by atoms with E-state index in [0.717, 1.165) is 11.9 Å². The second-order valence-corrected chi connectivity index (χ2v) is 6.41. The number of hydrogen-bond acceptors (Lipinski definition) is 4. The summed E-state index contributed by atoms with van der Waals surface area (Å²) in [6.07, 6.45) is 0.00533. The molecule has 1 aromatic heterocycles. The summed E-state index contributed by atoms with van der Waals surface area (Å²) < 4.78 is 54.6. The van der Waals surface area contributed by atoms with Crippen LogP contribution < -0.4 is 15.1 Å². The van der Waals surface area contributed by atoms with Gasteiger partial charge in [0.1, 0.15) is 5.69 Å². The van der Waals surface area contributed by atoms with E-state index in [9.17, 15) is 27.2 Å². The van der Waals surface area contributed by atoms with Gasteiger partial charge in [0.25, 0.3) is 11.9 Å². The molecule has 2 aromatic rings. The van der Waals surface area contributed by atoms with E-state index in [1.54, 1.807) is 31.2 Å². The molecular formula is C18H16F4N4O2. The number of carbonyl (C=O) groups excluding carboxylic acids is 2. The fraction of sp³-hybridized carbons (Fsp3) is 0.278. The molecule has 10 heteroatoms. The predicted octanol–water partition coefficient (Wildman–Crippen LogP) is 2.84. The monoisotopic (exact) mass is 396 g/mol. The van der Waals surface area contributed by atoms with E-state index in [1.807, 2.05) is 0 Å². The van der Waals surface area contributed by atoms with Crippen LogP contribution in [0.3, 0.4) is 0 Å². The van der Waals surface area contributed by atoms with Crippen LogP contribution in [0.2, 0.25) is 0 Å². The molecule has 1 atom stereocenters. The van der Waals surface area contributed by atoms with Gasteiger partial charge in [0.05, 0.1) is 17.9 Å². The fourth-order valence-electron chi connectivity index (χ4n) is 3.14. The quantitative estimate of drug-likeness (QED) is 0.640. The van der Waals surface area contributed by atoms with Gasteiger partial charge in [0.2, 0.25) is 23.4 Å². The van der Waals surface area contributed by atoms with Crippen molar-refractivity contribution >= 4 is 28.9 Å². The maximum Gasteiger partial charge on any atom is 0.253 e. The fourth-order valence-corrected chi connectivity index (χ4v) is 3.14. The second-order valence-electron chi connectivity index (χ2n) is 6.41. The van der Waals surface area contributed by atoms with Gasteiger partial charge in [-0.05, 0) is 19.1 Å². The van der Waals surface area contributed by atoms with Gasteiger partial charge in [-0.15, -0.1) is 0 Å². The van der Waals surface area contributed by atoms with Crippen LogP contribution in [-0.2, 0) is 9.59 Å². The summed E-state index contributed by atoms with van der Waals surface area (Å²) in [5.41, 5.74) is -0.221. The third-order valence-electron chi connectivity index (χ3n) is 4.36. The molecule has 0 aliphatic carbocycles. The van der Waals surface area contributed by atoms with E-state index in [2.05, 4.69) is 10.3 Å². The smallest absolute Gasteiger partial charge is 0.253 e. The Kier molecular flexibility index (Phi) is 5.21. The summed E-state index contributed by atoms with van der Waals surface area (Å²) >= 11 is 0. The first-order valence-electron chi connectivity index (χ1n) is 8.32. The Morgan fingerprint density at radius 1 is 1.21 bits per heavy atom. The number of carbonyl (C=O) groups is 2. The highest BCUT2D eigenvalue weighted by Gasteiger charge is 2.31. The third kappa shape index (κ3) is 3.49. The van der Waals surface area contributed by atoms with E-state index in [1.165, 1.54) is 4.90 Å². The number of amides is 2. The Morgan fingerprint density at radius 2 is 1.82 bits per heavy atom. The number of aromatic nitrogens is 1. The standard InChI is InChI=1S/C18H16F4N4O2/c1-9-7-12(27)23-10-5-3-4-6-11(10)26(9)13(28)8-25(2)16-14(19)17(21)24-18(22)15(16)20/h3-6,9H,7-8H2,1-2H3,(H,23,27). The molecule has 1 aromatic carbocycles. The number of halogens is 4. The van der Waals surface area contributed by atoms with Crippen molar-refractivity contribution in [2.24, 2.45) is 0 Å². The average molecular weight is 396 g/mol. The molecule has 0 bridgehead atoms. The lowest BCUT2D eigenvalue weighted by atomic mass is 10.1. The van der Waals surface area contributed by atoms with E-state index in [0.29, 0.717) is 11.4 Å². The summed E-state index contributed by atoms with van der Waals surface area (Å²) in [5.74, 6) is -7.92. The van der Waals surface area contributed by atoms with Gasteiger partial charge in [-0.2, -0.15) is 22.5 Å². The maximum atomic E-state index is 14.0. The zero-order valence-electron chi connectivity index (χ0n) is 15.0. The molecular weight excluding hydrogens is 380 g/mol. The lowest BCUT2D eigenvalue weighted by Crippen LogP contribution is -2.44. The number of pyridine rings is 1. The highest BCUT2D eigenvalue weighted by Crippen LogP contribution is 2.32. The lowest BCUT2D eigenvalue weighted by molar-refractivity contribution is -0.118. The van der Waals surface area contributed by atoms with Crippen molar-refractivity contribution < 1.29 is 27.2 Å². The SMILES string of the molecule is CC1CC(=O)Nc2ccccc2N1C(=O)CN(C)c1c(F)c(F)nc(F)c1F. The third-order valence-corrected chi connectivity index (χ3v) is 4.36. The van der Waals surface area contributed by atoms with Crippen LogP contribution in [0, 0.1) is 23.5 Å². The van der Waals surface area contributed by atoms with Crippen LogP contribution in [0.1, 0.15) is 13.3 Å². The number of benzene rings is 1. The highest BCUT2D eigenvalue weighted by atomic mass is 19.2. The second kappa shape index (κ2) is 7.45. The van der Waals surface area contributed by atoms with Crippen molar-refractivity contribution in [2.75, 3.05) is 28.7 Å². The van der Waals surface area contributed by atoms with Crippen molar-refractivity contribution in [3.8, 4) is 0 Å². The van der Waals surface area contributed by atoms with Crippen LogP contribution in [0.15, 0.2) is 24.3 Å². The molecule has 6 nitrogen and oxygen atoms in total. The molecule has 1 aliphatic heterocycles. The van der Waals surface area contributed by atoms with Crippen LogP contribution >= 0.6 is 0 Å². The number of anilines is 3. The van der Waals surface area contributed by atoms with Crippen LogP contribution in [0.25, 0.3) is 0 Å².